The van der Waals surface area contributed by atoms with Crippen LogP contribution in [-0.4, -0.2) is 40.8 Å². The molecule has 0 atom stereocenters. The molecule has 0 spiro atoms. The Morgan fingerprint density at radius 3 is 2.70 bits per heavy atom. The average Bonchev–Trinajstić information content (AvgIpc) is 3.25. The molecule has 30 heavy (non-hydrogen) atoms. The fourth-order valence-electron chi connectivity index (χ4n) is 3.34. The van der Waals surface area contributed by atoms with E-state index in [1.54, 1.807) is 12.0 Å². The Morgan fingerprint density at radius 2 is 1.93 bits per heavy atom. The molecule has 0 N–H and O–H groups in total. The molecule has 4 rings (SSSR count). The normalized spacial score (nSPS) is 16.7. The molecule has 0 bridgehead atoms. The number of nitrogens with zero attached hydrogens (tertiary/aromatic N) is 3. The van der Waals surface area contributed by atoms with Crippen molar-refractivity contribution in [3.63, 3.8) is 0 Å². The van der Waals surface area contributed by atoms with Gasteiger partial charge in [-0.05, 0) is 36.0 Å². The summed E-state index contributed by atoms with van der Waals surface area (Å²) in [4.78, 5) is 20.1. The molecule has 0 radical (unpaired) electrons. The third-order valence-electron chi connectivity index (χ3n) is 4.76. The van der Waals surface area contributed by atoms with Gasteiger partial charge in [-0.2, -0.15) is 0 Å². The number of ether oxygens (including phenoxy) is 1. The molecule has 3 aromatic rings. The van der Waals surface area contributed by atoms with Crippen molar-refractivity contribution in [1.29, 1.82) is 0 Å². The van der Waals surface area contributed by atoms with Crippen LogP contribution in [0.2, 0.25) is 0 Å². The van der Waals surface area contributed by atoms with Crippen LogP contribution >= 0.6 is 11.8 Å². The number of fused-ring (bicyclic) bond motifs is 1. The molecule has 1 aliphatic heterocycles. The summed E-state index contributed by atoms with van der Waals surface area (Å²) >= 11 is 1.38. The maximum Gasteiger partial charge on any atom is 0.266 e. The Kier molecular flexibility index (Phi) is 6.03. The lowest BCUT2D eigenvalue weighted by Gasteiger charge is -2.14. The van der Waals surface area contributed by atoms with Gasteiger partial charge >= 0.3 is 0 Å². The van der Waals surface area contributed by atoms with E-state index in [4.69, 9.17) is 11.2 Å². The molecule has 1 aromatic heterocycles. The Balaban J connectivity index is 1.73. The van der Waals surface area contributed by atoms with Crippen molar-refractivity contribution < 1.29 is 9.53 Å². The lowest BCUT2D eigenvalue weighted by atomic mass is 10.1. The number of aromatic nitrogens is 1. The Morgan fingerprint density at radius 1 is 1.17 bits per heavy atom. The minimum atomic E-state index is -0.0690. The Bertz CT molecular complexity index is 1170. The minimum Gasteiger partial charge on any atom is -0.383 e. The number of rotatable bonds is 6. The number of amidine groups is 1. The number of terminal acetylenes is 1. The molecule has 2 heterocycles. The predicted octanol–water partition coefficient (Wildman–Crippen LogP) is 4.52. The van der Waals surface area contributed by atoms with Crippen LogP contribution in [0, 0.1) is 12.3 Å². The molecule has 1 aliphatic rings. The van der Waals surface area contributed by atoms with Crippen molar-refractivity contribution in [3.8, 4) is 12.3 Å². The van der Waals surface area contributed by atoms with E-state index in [0.29, 0.717) is 29.8 Å². The number of thioether (sulfide) groups is 1. The quantitative estimate of drug-likeness (QED) is 0.439. The number of hydrogen-bond donors (Lipinski definition) is 0. The van der Waals surface area contributed by atoms with Gasteiger partial charge in [-0.25, -0.2) is 4.99 Å². The SMILES string of the molecule is C#CCn1cc(/C=C2\SC(=Nc3ccccc3)N(CCOC)C2=O)c2ccccc21. The van der Waals surface area contributed by atoms with Gasteiger partial charge in [0.25, 0.3) is 5.91 Å². The van der Waals surface area contributed by atoms with Crippen molar-refractivity contribution in [2.45, 2.75) is 6.54 Å². The molecule has 0 aliphatic carbocycles. The topological polar surface area (TPSA) is 46.8 Å². The number of amides is 1. The van der Waals surface area contributed by atoms with Gasteiger partial charge in [-0.1, -0.05) is 42.3 Å². The number of hydrogen-bond acceptors (Lipinski definition) is 4. The van der Waals surface area contributed by atoms with Crippen molar-refractivity contribution >= 4 is 45.5 Å². The monoisotopic (exact) mass is 415 g/mol. The first-order valence-corrected chi connectivity index (χ1v) is 10.4. The molecule has 1 fully saturated rings. The number of carbonyl (C=O) groups is 1. The maximum atomic E-state index is 13.1. The van der Waals surface area contributed by atoms with Crippen LogP contribution in [0.15, 0.2) is 70.7 Å². The summed E-state index contributed by atoms with van der Waals surface area (Å²) in [6.07, 6.45) is 9.45. The van der Waals surface area contributed by atoms with Crippen LogP contribution in [0.5, 0.6) is 0 Å². The summed E-state index contributed by atoms with van der Waals surface area (Å²) in [7, 11) is 1.62. The smallest absolute Gasteiger partial charge is 0.266 e. The number of para-hydroxylation sites is 2. The Labute approximate surface area is 180 Å². The number of benzene rings is 2. The third-order valence-corrected chi connectivity index (χ3v) is 5.76. The van der Waals surface area contributed by atoms with Crippen LogP contribution < -0.4 is 0 Å². The predicted molar refractivity (Wildman–Crippen MR) is 123 cm³/mol. The molecule has 6 heteroatoms. The highest BCUT2D eigenvalue weighted by Gasteiger charge is 2.33. The Hall–Kier alpha value is -3.27. The number of carbonyl (C=O) groups excluding carboxylic acids is 1. The molecule has 0 saturated carbocycles. The van der Waals surface area contributed by atoms with Gasteiger partial charge in [-0.15, -0.1) is 6.42 Å². The van der Waals surface area contributed by atoms with Crippen LogP contribution in [0.4, 0.5) is 5.69 Å². The van der Waals surface area contributed by atoms with Gasteiger partial charge in [0, 0.05) is 29.8 Å². The van der Waals surface area contributed by atoms with Gasteiger partial charge < -0.3 is 9.30 Å². The average molecular weight is 416 g/mol. The second-order valence-corrected chi connectivity index (χ2v) is 7.73. The van der Waals surface area contributed by atoms with E-state index in [-0.39, 0.29) is 5.91 Å². The third kappa shape index (κ3) is 4.04. The minimum absolute atomic E-state index is 0.0690. The van der Waals surface area contributed by atoms with E-state index in [1.165, 1.54) is 11.8 Å². The maximum absolute atomic E-state index is 13.1. The summed E-state index contributed by atoms with van der Waals surface area (Å²) in [5.74, 6) is 2.62. The van der Waals surface area contributed by atoms with E-state index in [0.717, 1.165) is 22.2 Å². The second-order valence-electron chi connectivity index (χ2n) is 6.72. The highest BCUT2D eigenvalue weighted by Crippen LogP contribution is 2.35. The van der Waals surface area contributed by atoms with Gasteiger partial charge in [0.2, 0.25) is 0 Å². The second kappa shape index (κ2) is 9.04. The summed E-state index contributed by atoms with van der Waals surface area (Å²) in [6.45, 7) is 1.37. The van der Waals surface area contributed by atoms with Crippen molar-refractivity contribution in [3.05, 3.63) is 71.3 Å². The van der Waals surface area contributed by atoms with Gasteiger partial charge in [0.15, 0.2) is 5.17 Å². The first kappa shape index (κ1) is 20.0. The molecule has 5 nitrogen and oxygen atoms in total. The largest absolute Gasteiger partial charge is 0.383 e. The molecule has 1 saturated heterocycles. The first-order chi connectivity index (χ1) is 14.7. The highest BCUT2D eigenvalue weighted by molar-refractivity contribution is 8.18. The standard InChI is InChI=1S/C24H21N3O2S/c1-3-13-26-17-18(20-11-7-8-12-21(20)26)16-22-23(28)27(14-15-29-2)24(30-22)25-19-9-5-4-6-10-19/h1,4-12,16-17H,13-15H2,2H3/b22-16-,25-24?. The summed E-state index contributed by atoms with van der Waals surface area (Å²) in [6, 6.07) is 17.7. The van der Waals surface area contributed by atoms with Crippen LogP contribution in [-0.2, 0) is 16.1 Å². The molecular weight excluding hydrogens is 394 g/mol. The summed E-state index contributed by atoms with van der Waals surface area (Å²) in [5.41, 5.74) is 2.82. The first-order valence-electron chi connectivity index (χ1n) is 9.56. The zero-order valence-corrected chi connectivity index (χ0v) is 17.4. The van der Waals surface area contributed by atoms with E-state index >= 15 is 0 Å². The lowest BCUT2D eigenvalue weighted by molar-refractivity contribution is -0.122. The van der Waals surface area contributed by atoms with Crippen molar-refractivity contribution in [1.82, 2.24) is 9.47 Å². The van der Waals surface area contributed by atoms with Crippen LogP contribution in [0.1, 0.15) is 5.56 Å². The van der Waals surface area contributed by atoms with E-state index in [2.05, 4.69) is 10.9 Å². The van der Waals surface area contributed by atoms with Crippen LogP contribution in [0.25, 0.3) is 17.0 Å². The number of aliphatic imine (C=N–C) groups is 1. The fourth-order valence-corrected chi connectivity index (χ4v) is 4.36. The molecular formula is C24H21N3O2S. The molecule has 2 aromatic carbocycles. The molecule has 150 valence electrons. The fraction of sp³-hybridized carbons (Fsp3) is 0.167. The van der Waals surface area contributed by atoms with Gasteiger partial charge in [-0.3, -0.25) is 9.69 Å². The van der Waals surface area contributed by atoms with Crippen LogP contribution in [0.3, 0.4) is 0 Å². The zero-order chi connectivity index (χ0) is 20.9. The summed E-state index contributed by atoms with van der Waals surface area (Å²) < 4.78 is 7.21. The summed E-state index contributed by atoms with van der Waals surface area (Å²) in [5, 5.41) is 1.72. The lowest BCUT2D eigenvalue weighted by Crippen LogP contribution is -2.32. The van der Waals surface area contributed by atoms with E-state index in [9.17, 15) is 4.79 Å². The number of methoxy groups -OCH3 is 1. The highest BCUT2D eigenvalue weighted by atomic mass is 32.2. The molecule has 0 unspecified atom stereocenters. The van der Waals surface area contributed by atoms with Gasteiger partial charge in [0.05, 0.1) is 30.3 Å². The molecule has 1 amide bonds. The van der Waals surface area contributed by atoms with E-state index < -0.39 is 0 Å². The van der Waals surface area contributed by atoms with E-state index in [1.807, 2.05) is 71.4 Å². The van der Waals surface area contributed by atoms with Crippen molar-refractivity contribution in [2.24, 2.45) is 4.99 Å². The zero-order valence-electron chi connectivity index (χ0n) is 16.6. The van der Waals surface area contributed by atoms with Gasteiger partial charge in [0.1, 0.15) is 0 Å². The van der Waals surface area contributed by atoms with Crippen molar-refractivity contribution in [2.75, 3.05) is 20.3 Å².